The Bertz CT molecular complexity index is 347. The van der Waals surface area contributed by atoms with Crippen LogP contribution in [0.1, 0.15) is 19.3 Å². The number of alkyl halides is 1. The summed E-state index contributed by atoms with van der Waals surface area (Å²) in [7, 11) is 3.78. The van der Waals surface area contributed by atoms with Crippen LogP contribution in [-0.2, 0) is 0 Å². The van der Waals surface area contributed by atoms with Crippen LogP contribution >= 0.6 is 11.6 Å². The van der Waals surface area contributed by atoms with Gasteiger partial charge in [0.15, 0.2) is 11.5 Å². The molecule has 0 aliphatic rings. The molecule has 0 radical (unpaired) electrons. The van der Waals surface area contributed by atoms with E-state index in [-0.39, 0.29) is 0 Å². The molecule has 4 heteroatoms. The predicted octanol–water partition coefficient (Wildman–Crippen LogP) is 3.41. The summed E-state index contributed by atoms with van der Waals surface area (Å²) >= 11 is 5.65. The van der Waals surface area contributed by atoms with Crippen LogP contribution < -0.4 is 9.47 Å². The summed E-state index contributed by atoms with van der Waals surface area (Å²) in [5.41, 5.74) is 0. The molecule has 0 saturated heterocycles. The number of benzene rings is 1. The molecule has 0 aliphatic carbocycles. The molecule has 108 valence electrons. The second-order valence-corrected chi connectivity index (χ2v) is 4.93. The Hall–Kier alpha value is -0.930. The monoisotopic (exact) mass is 285 g/mol. The third-order valence-electron chi connectivity index (χ3n) is 2.97. The lowest BCUT2D eigenvalue weighted by atomic mass is 10.2. The lowest BCUT2D eigenvalue weighted by Gasteiger charge is -2.17. The van der Waals surface area contributed by atoms with E-state index in [4.69, 9.17) is 21.1 Å². The molecule has 0 N–H and O–H groups in total. The van der Waals surface area contributed by atoms with Gasteiger partial charge in [-0.3, -0.25) is 0 Å². The number of ether oxygens (including phenoxy) is 2. The van der Waals surface area contributed by atoms with Crippen LogP contribution in [0.15, 0.2) is 24.3 Å². The summed E-state index contributed by atoms with van der Waals surface area (Å²) < 4.78 is 11.0. The maximum absolute atomic E-state index is 5.74. The molecule has 1 aromatic rings. The van der Waals surface area contributed by atoms with E-state index in [2.05, 4.69) is 11.9 Å². The van der Waals surface area contributed by atoms with Crippen LogP contribution in [-0.4, -0.2) is 44.6 Å². The van der Waals surface area contributed by atoms with E-state index in [0.29, 0.717) is 6.61 Å². The molecule has 0 aromatic heterocycles. The molecule has 3 nitrogen and oxygen atoms in total. The first-order valence-corrected chi connectivity index (χ1v) is 7.31. The number of hydrogen-bond donors (Lipinski definition) is 0. The van der Waals surface area contributed by atoms with E-state index >= 15 is 0 Å². The van der Waals surface area contributed by atoms with Crippen LogP contribution in [0.25, 0.3) is 0 Å². The van der Waals surface area contributed by atoms with Crippen molar-refractivity contribution in [3.05, 3.63) is 24.3 Å². The molecule has 19 heavy (non-hydrogen) atoms. The number of methoxy groups -OCH3 is 1. The standard InChI is InChI=1S/C15H24ClNO2/c1-17(11-7-3-6-10-16)12-13-19-15-9-5-4-8-14(15)18-2/h4-5,8-9H,3,6-7,10-13H2,1-2H3. The minimum absolute atomic E-state index is 0.673. The van der Waals surface area contributed by atoms with Gasteiger partial charge in [-0.25, -0.2) is 0 Å². The molecule has 0 fully saturated rings. The molecule has 0 heterocycles. The molecule has 0 bridgehead atoms. The van der Waals surface area contributed by atoms with Crippen molar-refractivity contribution in [3.8, 4) is 11.5 Å². The van der Waals surface area contributed by atoms with E-state index in [1.165, 1.54) is 12.8 Å². The van der Waals surface area contributed by atoms with Gasteiger partial charge in [-0.1, -0.05) is 18.6 Å². The smallest absolute Gasteiger partial charge is 0.161 e. The van der Waals surface area contributed by atoms with Gasteiger partial charge < -0.3 is 14.4 Å². The molecule has 0 aliphatic heterocycles. The van der Waals surface area contributed by atoms with Crippen molar-refractivity contribution in [3.63, 3.8) is 0 Å². The van der Waals surface area contributed by atoms with Crippen LogP contribution in [0.5, 0.6) is 11.5 Å². The lowest BCUT2D eigenvalue weighted by molar-refractivity contribution is 0.228. The number of likely N-dealkylation sites (N-methyl/N-ethyl adjacent to an activating group) is 1. The average Bonchev–Trinajstić information content (AvgIpc) is 2.44. The number of hydrogen-bond acceptors (Lipinski definition) is 3. The summed E-state index contributed by atoms with van der Waals surface area (Å²) in [5, 5.41) is 0. The number of halogens is 1. The summed E-state index contributed by atoms with van der Waals surface area (Å²) in [6, 6.07) is 7.73. The minimum Gasteiger partial charge on any atom is -0.493 e. The predicted molar refractivity (Wildman–Crippen MR) is 80.6 cm³/mol. The van der Waals surface area contributed by atoms with Crippen LogP contribution in [0.3, 0.4) is 0 Å². The Morgan fingerprint density at radius 2 is 1.79 bits per heavy atom. The highest BCUT2D eigenvalue weighted by molar-refractivity contribution is 6.17. The number of unbranched alkanes of at least 4 members (excludes halogenated alkanes) is 2. The first-order chi connectivity index (χ1) is 9.27. The van der Waals surface area contributed by atoms with Crippen molar-refractivity contribution >= 4 is 11.6 Å². The summed E-state index contributed by atoms with van der Waals surface area (Å²) in [6.07, 6.45) is 3.49. The van der Waals surface area contributed by atoms with Crippen LogP contribution in [0.4, 0.5) is 0 Å². The maximum atomic E-state index is 5.74. The van der Waals surface area contributed by atoms with E-state index in [9.17, 15) is 0 Å². The number of rotatable bonds is 10. The van der Waals surface area contributed by atoms with E-state index in [1.54, 1.807) is 7.11 Å². The van der Waals surface area contributed by atoms with Gasteiger partial charge >= 0.3 is 0 Å². The van der Waals surface area contributed by atoms with E-state index in [0.717, 1.165) is 36.9 Å². The zero-order valence-electron chi connectivity index (χ0n) is 11.9. The van der Waals surface area contributed by atoms with Crippen molar-refractivity contribution in [1.82, 2.24) is 4.90 Å². The molecule has 0 spiro atoms. The second kappa shape index (κ2) is 9.93. The Morgan fingerprint density at radius 3 is 2.47 bits per heavy atom. The van der Waals surface area contributed by atoms with Gasteiger partial charge in [0, 0.05) is 12.4 Å². The Balaban J connectivity index is 2.18. The van der Waals surface area contributed by atoms with Crippen molar-refractivity contribution in [2.24, 2.45) is 0 Å². The van der Waals surface area contributed by atoms with Crippen LogP contribution in [0.2, 0.25) is 0 Å². The fraction of sp³-hybridized carbons (Fsp3) is 0.600. The Morgan fingerprint density at radius 1 is 1.05 bits per heavy atom. The highest BCUT2D eigenvalue weighted by atomic mass is 35.5. The van der Waals surface area contributed by atoms with Gasteiger partial charge in [-0.15, -0.1) is 11.6 Å². The van der Waals surface area contributed by atoms with Crippen molar-refractivity contribution in [2.75, 3.05) is 39.7 Å². The molecule has 0 unspecified atom stereocenters. The first-order valence-electron chi connectivity index (χ1n) is 6.78. The second-order valence-electron chi connectivity index (χ2n) is 4.55. The van der Waals surface area contributed by atoms with Gasteiger partial charge in [0.1, 0.15) is 6.61 Å². The number of para-hydroxylation sites is 2. The lowest BCUT2D eigenvalue weighted by Crippen LogP contribution is -2.25. The van der Waals surface area contributed by atoms with Gasteiger partial charge in [0.05, 0.1) is 7.11 Å². The molecule has 0 saturated carbocycles. The van der Waals surface area contributed by atoms with Crippen molar-refractivity contribution in [2.45, 2.75) is 19.3 Å². The van der Waals surface area contributed by atoms with E-state index < -0.39 is 0 Å². The summed E-state index contributed by atoms with van der Waals surface area (Å²) in [6.45, 7) is 2.68. The van der Waals surface area contributed by atoms with Crippen LogP contribution in [0, 0.1) is 0 Å². The quantitative estimate of drug-likeness (QED) is 0.486. The van der Waals surface area contributed by atoms with Crippen molar-refractivity contribution < 1.29 is 9.47 Å². The topological polar surface area (TPSA) is 21.7 Å². The molecule has 0 amide bonds. The molecule has 1 aromatic carbocycles. The Kier molecular flexibility index (Phi) is 8.43. The fourth-order valence-electron chi connectivity index (χ4n) is 1.81. The largest absolute Gasteiger partial charge is 0.493 e. The number of nitrogens with zero attached hydrogens (tertiary/aromatic N) is 1. The van der Waals surface area contributed by atoms with Gasteiger partial charge in [-0.2, -0.15) is 0 Å². The molecular formula is C15H24ClNO2. The van der Waals surface area contributed by atoms with Gasteiger partial charge in [0.25, 0.3) is 0 Å². The highest BCUT2D eigenvalue weighted by Crippen LogP contribution is 2.25. The Labute approximate surface area is 121 Å². The molecule has 1 rings (SSSR count). The molecule has 0 atom stereocenters. The van der Waals surface area contributed by atoms with Gasteiger partial charge in [0.2, 0.25) is 0 Å². The maximum Gasteiger partial charge on any atom is 0.161 e. The highest BCUT2D eigenvalue weighted by Gasteiger charge is 2.03. The zero-order valence-corrected chi connectivity index (χ0v) is 12.7. The van der Waals surface area contributed by atoms with Crippen molar-refractivity contribution in [1.29, 1.82) is 0 Å². The average molecular weight is 286 g/mol. The third-order valence-corrected chi connectivity index (χ3v) is 3.24. The summed E-state index contributed by atoms with van der Waals surface area (Å²) in [4.78, 5) is 2.28. The first kappa shape index (κ1) is 16.1. The SMILES string of the molecule is COc1ccccc1OCCN(C)CCCCCCl. The van der Waals surface area contributed by atoms with Gasteiger partial charge in [-0.05, 0) is 38.6 Å². The summed E-state index contributed by atoms with van der Waals surface area (Å²) in [5.74, 6) is 2.36. The third kappa shape index (κ3) is 6.69. The molecular weight excluding hydrogens is 262 g/mol. The van der Waals surface area contributed by atoms with E-state index in [1.807, 2.05) is 24.3 Å². The zero-order chi connectivity index (χ0) is 13.9. The normalized spacial score (nSPS) is 10.7. The minimum atomic E-state index is 0.673. The fourth-order valence-corrected chi connectivity index (χ4v) is 2.00.